The van der Waals surface area contributed by atoms with Crippen LogP contribution in [0.3, 0.4) is 0 Å². The second-order valence-corrected chi connectivity index (χ2v) is 5.79. The molecule has 108 valence electrons. The summed E-state index contributed by atoms with van der Waals surface area (Å²) in [6.07, 6.45) is 1.69. The largest absolute Gasteiger partial charge is 0.354 e. The molecule has 19 heavy (non-hydrogen) atoms. The zero-order valence-electron chi connectivity index (χ0n) is 12.2. The summed E-state index contributed by atoms with van der Waals surface area (Å²) in [7, 11) is 4.04. The van der Waals surface area contributed by atoms with Gasteiger partial charge < -0.3 is 16.0 Å². The Kier molecular flexibility index (Phi) is 5.44. The van der Waals surface area contributed by atoms with Crippen LogP contribution in [-0.4, -0.2) is 53.0 Å². The summed E-state index contributed by atoms with van der Waals surface area (Å²) in [5.41, 5.74) is 6.15. The van der Waals surface area contributed by atoms with Crippen LogP contribution in [-0.2, 0) is 17.9 Å². The molecule has 0 bridgehead atoms. The van der Waals surface area contributed by atoms with Gasteiger partial charge in [0.2, 0.25) is 5.91 Å². The lowest BCUT2D eigenvalue weighted by Gasteiger charge is -2.28. The Bertz CT molecular complexity index is 412. The quantitative estimate of drug-likeness (QED) is 0.692. The van der Waals surface area contributed by atoms with E-state index in [2.05, 4.69) is 34.4 Å². The molecule has 7 heteroatoms. The highest BCUT2D eigenvalue weighted by molar-refractivity contribution is 5.75. The van der Waals surface area contributed by atoms with E-state index in [9.17, 15) is 4.79 Å². The number of aromatic nitrogens is 3. The maximum Gasteiger partial charge on any atom is 0.241 e. The summed E-state index contributed by atoms with van der Waals surface area (Å²) in [6, 6.07) is 0. The molecule has 0 atom stereocenters. The molecule has 0 fully saturated rings. The van der Waals surface area contributed by atoms with E-state index in [1.165, 1.54) is 4.68 Å². The van der Waals surface area contributed by atoms with Gasteiger partial charge in [-0.1, -0.05) is 19.1 Å². The van der Waals surface area contributed by atoms with Gasteiger partial charge in [0.15, 0.2) is 0 Å². The summed E-state index contributed by atoms with van der Waals surface area (Å²) in [4.78, 5) is 13.9. The first kappa shape index (κ1) is 15.6. The predicted octanol–water partition coefficient (Wildman–Crippen LogP) is -0.559. The lowest BCUT2D eigenvalue weighted by Crippen LogP contribution is -2.41. The highest BCUT2D eigenvalue weighted by Gasteiger charge is 2.19. The number of nitrogens with two attached hydrogens (primary N) is 1. The summed E-state index contributed by atoms with van der Waals surface area (Å²) >= 11 is 0. The maximum absolute atomic E-state index is 11.8. The van der Waals surface area contributed by atoms with Crippen LogP contribution in [0.15, 0.2) is 6.20 Å². The number of nitrogens with zero attached hydrogens (tertiary/aromatic N) is 4. The zero-order chi connectivity index (χ0) is 14.5. The fourth-order valence-electron chi connectivity index (χ4n) is 1.96. The molecule has 1 aromatic rings. The maximum atomic E-state index is 11.8. The van der Waals surface area contributed by atoms with E-state index in [0.29, 0.717) is 18.8 Å². The van der Waals surface area contributed by atoms with Gasteiger partial charge in [0.05, 0.1) is 11.9 Å². The number of carbonyl (C=O) groups excluding carboxylic acids is 1. The molecule has 7 nitrogen and oxygen atoms in total. The Morgan fingerprint density at radius 2 is 2.21 bits per heavy atom. The van der Waals surface area contributed by atoms with Gasteiger partial charge in [0.25, 0.3) is 0 Å². The van der Waals surface area contributed by atoms with E-state index in [-0.39, 0.29) is 17.9 Å². The number of rotatable bonds is 7. The molecule has 0 aromatic carbocycles. The van der Waals surface area contributed by atoms with Crippen LogP contribution in [0.2, 0.25) is 0 Å². The molecule has 0 saturated heterocycles. The summed E-state index contributed by atoms with van der Waals surface area (Å²) in [5.74, 6) is -0.0692. The van der Waals surface area contributed by atoms with E-state index in [1.807, 2.05) is 14.1 Å². The Balaban J connectivity index is 2.39. The van der Waals surface area contributed by atoms with E-state index >= 15 is 0 Å². The van der Waals surface area contributed by atoms with Crippen LogP contribution in [0.25, 0.3) is 0 Å². The SMILES string of the molecule is CN(C)CC(C)(C)CNC(=O)Cn1cc(CN)nn1. The van der Waals surface area contributed by atoms with Gasteiger partial charge in [-0.2, -0.15) is 0 Å². The van der Waals surface area contributed by atoms with Crippen LogP contribution in [0.4, 0.5) is 0 Å². The smallest absolute Gasteiger partial charge is 0.241 e. The topological polar surface area (TPSA) is 89.1 Å². The molecule has 1 heterocycles. The van der Waals surface area contributed by atoms with Crippen molar-refractivity contribution in [3.05, 3.63) is 11.9 Å². The fraction of sp³-hybridized carbons (Fsp3) is 0.750. The molecule has 1 aromatic heterocycles. The van der Waals surface area contributed by atoms with Crippen molar-refractivity contribution in [1.82, 2.24) is 25.2 Å². The molecule has 0 unspecified atom stereocenters. The Morgan fingerprint density at radius 1 is 1.53 bits per heavy atom. The normalized spacial score (nSPS) is 11.9. The van der Waals surface area contributed by atoms with Gasteiger partial charge >= 0.3 is 0 Å². The van der Waals surface area contributed by atoms with Gasteiger partial charge in [-0.3, -0.25) is 4.79 Å². The van der Waals surface area contributed by atoms with Crippen LogP contribution >= 0.6 is 0 Å². The van der Waals surface area contributed by atoms with Crippen LogP contribution in [0, 0.1) is 5.41 Å². The second kappa shape index (κ2) is 6.63. The van der Waals surface area contributed by atoms with Crippen LogP contribution < -0.4 is 11.1 Å². The van der Waals surface area contributed by atoms with Gasteiger partial charge in [-0.25, -0.2) is 4.68 Å². The number of nitrogens with one attached hydrogen (secondary N) is 1. The first-order valence-corrected chi connectivity index (χ1v) is 6.33. The Morgan fingerprint density at radius 3 is 2.74 bits per heavy atom. The average Bonchev–Trinajstić information content (AvgIpc) is 2.72. The lowest BCUT2D eigenvalue weighted by atomic mass is 9.93. The van der Waals surface area contributed by atoms with E-state index in [0.717, 1.165) is 6.54 Å². The zero-order valence-corrected chi connectivity index (χ0v) is 12.2. The molecule has 0 saturated carbocycles. The van der Waals surface area contributed by atoms with Crippen LogP contribution in [0.5, 0.6) is 0 Å². The molecular weight excluding hydrogens is 244 g/mol. The third-order valence-electron chi connectivity index (χ3n) is 2.61. The van der Waals surface area contributed by atoms with Crippen molar-refractivity contribution in [2.75, 3.05) is 27.2 Å². The van der Waals surface area contributed by atoms with Crippen molar-refractivity contribution in [2.45, 2.75) is 26.9 Å². The minimum atomic E-state index is -0.0692. The number of amides is 1. The Hall–Kier alpha value is -1.47. The van der Waals surface area contributed by atoms with E-state index < -0.39 is 0 Å². The third-order valence-corrected chi connectivity index (χ3v) is 2.61. The summed E-state index contributed by atoms with van der Waals surface area (Å²) in [6.45, 7) is 6.28. The first-order chi connectivity index (χ1) is 8.82. The number of carbonyl (C=O) groups is 1. The van der Waals surface area contributed by atoms with E-state index in [1.54, 1.807) is 6.20 Å². The third kappa shape index (κ3) is 5.80. The molecule has 0 spiro atoms. The fourth-order valence-corrected chi connectivity index (χ4v) is 1.96. The van der Waals surface area contributed by atoms with Gasteiger partial charge in [0.1, 0.15) is 6.54 Å². The minimum absolute atomic E-state index is 0.0317. The van der Waals surface area contributed by atoms with Crippen molar-refractivity contribution in [2.24, 2.45) is 11.1 Å². The molecule has 0 aliphatic heterocycles. The van der Waals surface area contributed by atoms with Crippen molar-refractivity contribution in [3.8, 4) is 0 Å². The van der Waals surface area contributed by atoms with Crippen LogP contribution in [0.1, 0.15) is 19.5 Å². The monoisotopic (exact) mass is 268 g/mol. The molecule has 1 amide bonds. The average molecular weight is 268 g/mol. The highest BCUT2D eigenvalue weighted by atomic mass is 16.2. The summed E-state index contributed by atoms with van der Waals surface area (Å²) in [5, 5.41) is 10.6. The lowest BCUT2D eigenvalue weighted by molar-refractivity contribution is -0.122. The van der Waals surface area contributed by atoms with Gasteiger partial charge in [-0.15, -0.1) is 5.10 Å². The first-order valence-electron chi connectivity index (χ1n) is 6.33. The molecule has 3 N–H and O–H groups in total. The second-order valence-electron chi connectivity index (χ2n) is 5.79. The number of hydrogen-bond donors (Lipinski definition) is 2. The molecular formula is C12H24N6O. The Labute approximate surface area is 114 Å². The van der Waals surface area contributed by atoms with Crippen molar-refractivity contribution in [3.63, 3.8) is 0 Å². The minimum Gasteiger partial charge on any atom is -0.354 e. The highest BCUT2D eigenvalue weighted by Crippen LogP contribution is 2.13. The summed E-state index contributed by atoms with van der Waals surface area (Å²) < 4.78 is 1.50. The van der Waals surface area contributed by atoms with Gasteiger partial charge in [-0.05, 0) is 19.5 Å². The molecule has 0 aliphatic rings. The van der Waals surface area contributed by atoms with Crippen molar-refractivity contribution in [1.29, 1.82) is 0 Å². The van der Waals surface area contributed by atoms with Crippen molar-refractivity contribution < 1.29 is 4.79 Å². The van der Waals surface area contributed by atoms with E-state index in [4.69, 9.17) is 5.73 Å². The molecule has 0 radical (unpaired) electrons. The molecule has 0 aliphatic carbocycles. The predicted molar refractivity (Wildman–Crippen MR) is 73.3 cm³/mol. The standard InChI is InChI=1S/C12H24N6O/c1-12(2,9-17(3)4)8-14-11(19)7-18-6-10(5-13)15-16-18/h6H,5,7-9,13H2,1-4H3,(H,14,19). The van der Waals surface area contributed by atoms with Crippen molar-refractivity contribution >= 4 is 5.91 Å². The number of hydrogen-bond acceptors (Lipinski definition) is 5. The van der Waals surface area contributed by atoms with Gasteiger partial charge in [0, 0.05) is 19.6 Å². The molecule has 1 rings (SSSR count).